The highest BCUT2D eigenvalue weighted by atomic mass is 35.5. The third-order valence-corrected chi connectivity index (χ3v) is 8.81. The van der Waals surface area contributed by atoms with E-state index in [-0.39, 0.29) is 18.7 Å². The lowest BCUT2D eigenvalue weighted by atomic mass is 9.92. The van der Waals surface area contributed by atoms with Crippen molar-refractivity contribution in [3.05, 3.63) is 57.6 Å². The Morgan fingerprint density at radius 2 is 1.56 bits per heavy atom. The largest absolute Gasteiger partial charge is 0.393 e. The van der Waals surface area contributed by atoms with Crippen molar-refractivity contribution in [3.8, 4) is 11.1 Å². The summed E-state index contributed by atoms with van der Waals surface area (Å²) in [7, 11) is 0. The molecule has 3 fully saturated rings. The maximum absolute atomic E-state index is 12.7. The minimum absolute atomic E-state index is 0.0106. The van der Waals surface area contributed by atoms with Crippen LogP contribution < -0.4 is 0 Å². The molecule has 1 N–H and O–H groups in total. The summed E-state index contributed by atoms with van der Waals surface area (Å²) in [6.45, 7) is 5.61. The third kappa shape index (κ3) is 7.72. The van der Waals surface area contributed by atoms with Crippen LogP contribution in [0.2, 0.25) is 10.0 Å². The topological polar surface area (TPSA) is 64.1 Å². The first-order chi connectivity index (χ1) is 18.8. The standard InChI is InChI=1S/C20H21Cl2FN2O.C10H17NO2/c1-14-18(21)12-17(13-19(14)22)15-2-4-16(5-3-15)20(26)25-10-8-24(7-6-23)9-11-25;12-9-5-3-8(4-6-9)11-7-1-2-10(11)13/h2-5,12-13H,6-11H2,1H3;8-9,12H,1-7H2. The van der Waals surface area contributed by atoms with Gasteiger partial charge in [0.25, 0.3) is 5.91 Å². The van der Waals surface area contributed by atoms with Gasteiger partial charge in [0, 0.05) is 67.3 Å². The van der Waals surface area contributed by atoms with Crippen molar-refractivity contribution >= 4 is 35.0 Å². The molecule has 0 atom stereocenters. The van der Waals surface area contributed by atoms with Crippen molar-refractivity contribution in [2.45, 2.75) is 57.6 Å². The first-order valence-electron chi connectivity index (χ1n) is 13.9. The van der Waals surface area contributed by atoms with Crippen molar-refractivity contribution in [1.29, 1.82) is 0 Å². The Bertz CT molecular complexity index is 1110. The van der Waals surface area contributed by atoms with Crippen LogP contribution in [0.3, 0.4) is 0 Å². The first-order valence-corrected chi connectivity index (χ1v) is 14.6. The molecule has 2 aromatic rings. The van der Waals surface area contributed by atoms with Crippen LogP contribution in [0, 0.1) is 6.92 Å². The van der Waals surface area contributed by atoms with Gasteiger partial charge in [-0.1, -0.05) is 35.3 Å². The quantitative estimate of drug-likeness (QED) is 0.501. The Balaban J connectivity index is 0.000000226. The van der Waals surface area contributed by atoms with Gasteiger partial charge in [-0.05, 0) is 80.0 Å². The average molecular weight is 579 g/mol. The van der Waals surface area contributed by atoms with Gasteiger partial charge in [-0.15, -0.1) is 0 Å². The van der Waals surface area contributed by atoms with Gasteiger partial charge >= 0.3 is 0 Å². The number of benzene rings is 2. The molecule has 39 heavy (non-hydrogen) atoms. The molecule has 5 rings (SSSR count). The summed E-state index contributed by atoms with van der Waals surface area (Å²) in [5, 5.41) is 10.6. The number of hydrogen-bond acceptors (Lipinski definition) is 4. The van der Waals surface area contributed by atoms with Crippen LogP contribution in [-0.2, 0) is 4.79 Å². The average Bonchev–Trinajstić information content (AvgIpc) is 3.38. The lowest BCUT2D eigenvalue weighted by Crippen LogP contribution is -2.49. The molecule has 2 aliphatic heterocycles. The monoisotopic (exact) mass is 577 g/mol. The Kier molecular flexibility index (Phi) is 10.6. The highest BCUT2D eigenvalue weighted by Gasteiger charge is 2.30. The predicted octanol–water partition coefficient (Wildman–Crippen LogP) is 5.61. The van der Waals surface area contributed by atoms with Crippen molar-refractivity contribution in [3.63, 3.8) is 0 Å². The summed E-state index contributed by atoms with van der Waals surface area (Å²) in [5.74, 6) is 0.331. The highest BCUT2D eigenvalue weighted by Crippen LogP contribution is 2.31. The number of aliphatic hydroxyl groups is 1. The minimum atomic E-state index is -0.345. The van der Waals surface area contributed by atoms with Crippen LogP contribution in [0.25, 0.3) is 11.1 Å². The zero-order valence-corrected chi connectivity index (χ0v) is 24.1. The SMILES string of the molecule is Cc1c(Cl)cc(-c2ccc(C(=O)N3CCN(CCF)CC3)cc2)cc1Cl.O=C1CCCN1C1CCC(O)CC1. The fourth-order valence-corrected chi connectivity index (χ4v) is 6.01. The van der Waals surface area contributed by atoms with Crippen LogP contribution in [0.1, 0.15) is 54.4 Å². The number of carbonyl (C=O) groups is 2. The number of aliphatic hydroxyl groups excluding tert-OH is 1. The Labute approximate surface area is 240 Å². The molecule has 2 heterocycles. The van der Waals surface area contributed by atoms with Gasteiger partial charge in [0.15, 0.2) is 0 Å². The van der Waals surface area contributed by atoms with E-state index in [2.05, 4.69) is 0 Å². The lowest BCUT2D eigenvalue weighted by Gasteiger charge is -2.34. The van der Waals surface area contributed by atoms with Gasteiger partial charge < -0.3 is 14.9 Å². The van der Waals surface area contributed by atoms with E-state index in [4.69, 9.17) is 23.2 Å². The molecule has 9 heteroatoms. The van der Waals surface area contributed by atoms with Crippen LogP contribution in [0.15, 0.2) is 36.4 Å². The van der Waals surface area contributed by atoms with Gasteiger partial charge in [0.2, 0.25) is 5.91 Å². The van der Waals surface area contributed by atoms with Gasteiger partial charge in [-0.2, -0.15) is 0 Å². The number of halogens is 3. The molecule has 0 aromatic heterocycles. The molecule has 0 unspecified atom stereocenters. The number of nitrogens with zero attached hydrogens (tertiary/aromatic N) is 3. The number of rotatable bonds is 5. The van der Waals surface area contributed by atoms with E-state index in [1.807, 2.05) is 58.0 Å². The van der Waals surface area contributed by atoms with Crippen LogP contribution >= 0.6 is 23.2 Å². The highest BCUT2D eigenvalue weighted by molar-refractivity contribution is 6.36. The van der Waals surface area contributed by atoms with Crippen LogP contribution in [0.4, 0.5) is 4.39 Å². The second-order valence-electron chi connectivity index (χ2n) is 10.6. The molecular formula is C30H38Cl2FN3O3. The fraction of sp³-hybridized carbons (Fsp3) is 0.533. The molecule has 212 valence electrons. The molecule has 2 amide bonds. The summed E-state index contributed by atoms with van der Waals surface area (Å²) in [6.07, 6.45) is 5.37. The van der Waals surface area contributed by atoms with Crippen molar-refractivity contribution in [2.75, 3.05) is 45.9 Å². The molecule has 2 aromatic carbocycles. The second kappa shape index (κ2) is 13.9. The van der Waals surface area contributed by atoms with Gasteiger partial charge in [0.05, 0.1) is 6.10 Å². The Morgan fingerprint density at radius 3 is 2.10 bits per heavy atom. The minimum Gasteiger partial charge on any atom is -0.393 e. The maximum atomic E-state index is 12.7. The summed E-state index contributed by atoms with van der Waals surface area (Å²) in [4.78, 5) is 30.0. The van der Waals surface area contributed by atoms with E-state index in [1.165, 1.54) is 0 Å². The van der Waals surface area contributed by atoms with Gasteiger partial charge in [-0.3, -0.25) is 14.5 Å². The van der Waals surface area contributed by atoms with E-state index in [0.29, 0.717) is 60.3 Å². The Morgan fingerprint density at radius 1 is 0.949 bits per heavy atom. The molecular weight excluding hydrogens is 540 g/mol. The number of likely N-dealkylation sites (tertiary alicyclic amines) is 1. The van der Waals surface area contributed by atoms with Crippen LogP contribution in [0.5, 0.6) is 0 Å². The molecule has 2 saturated heterocycles. The van der Waals surface area contributed by atoms with E-state index in [1.54, 1.807) is 0 Å². The zero-order chi connectivity index (χ0) is 27.9. The first kappa shape index (κ1) is 29.8. The normalized spacial score (nSPS) is 22.0. The fourth-order valence-electron chi connectivity index (χ4n) is 5.52. The molecule has 0 spiro atoms. The van der Waals surface area contributed by atoms with E-state index in [9.17, 15) is 19.1 Å². The third-order valence-electron chi connectivity index (χ3n) is 8.02. The number of amides is 2. The van der Waals surface area contributed by atoms with E-state index < -0.39 is 0 Å². The van der Waals surface area contributed by atoms with Gasteiger partial charge in [0.1, 0.15) is 6.67 Å². The lowest BCUT2D eigenvalue weighted by molar-refractivity contribution is -0.130. The molecule has 0 bridgehead atoms. The molecule has 0 radical (unpaired) electrons. The molecule has 3 aliphatic rings. The smallest absolute Gasteiger partial charge is 0.253 e. The van der Waals surface area contributed by atoms with Crippen molar-refractivity contribution in [2.24, 2.45) is 0 Å². The maximum Gasteiger partial charge on any atom is 0.253 e. The number of hydrogen-bond donors (Lipinski definition) is 1. The molecule has 6 nitrogen and oxygen atoms in total. The number of alkyl halides is 1. The second-order valence-corrected chi connectivity index (χ2v) is 11.4. The van der Waals surface area contributed by atoms with Crippen molar-refractivity contribution in [1.82, 2.24) is 14.7 Å². The van der Waals surface area contributed by atoms with E-state index >= 15 is 0 Å². The Hall–Kier alpha value is -2.19. The van der Waals surface area contributed by atoms with Gasteiger partial charge in [-0.25, -0.2) is 4.39 Å². The van der Waals surface area contributed by atoms with E-state index in [0.717, 1.165) is 61.8 Å². The van der Waals surface area contributed by atoms with Crippen molar-refractivity contribution < 1.29 is 19.1 Å². The van der Waals surface area contributed by atoms with Crippen LogP contribution in [-0.4, -0.2) is 89.7 Å². The zero-order valence-electron chi connectivity index (χ0n) is 22.6. The summed E-state index contributed by atoms with van der Waals surface area (Å²) in [6, 6.07) is 11.7. The summed E-state index contributed by atoms with van der Waals surface area (Å²) in [5.41, 5.74) is 3.38. The molecule has 1 aliphatic carbocycles. The summed E-state index contributed by atoms with van der Waals surface area (Å²) >= 11 is 12.4. The molecule has 1 saturated carbocycles. The number of piperazine rings is 1. The predicted molar refractivity (Wildman–Crippen MR) is 154 cm³/mol. The summed E-state index contributed by atoms with van der Waals surface area (Å²) < 4.78 is 12.4. The number of carbonyl (C=O) groups excluding carboxylic acids is 2.